The Hall–Kier alpha value is -1.48. The summed E-state index contributed by atoms with van der Waals surface area (Å²) in [5.74, 6) is 0.611. The van der Waals surface area contributed by atoms with Gasteiger partial charge in [0.05, 0.1) is 6.33 Å². The Labute approximate surface area is 182 Å². The highest BCUT2D eigenvalue weighted by atomic mass is 35.5. The zero-order valence-electron chi connectivity index (χ0n) is 15.8. The molecule has 0 bridgehead atoms. The van der Waals surface area contributed by atoms with Gasteiger partial charge in [-0.15, -0.1) is 0 Å². The van der Waals surface area contributed by atoms with E-state index in [4.69, 9.17) is 34.8 Å². The van der Waals surface area contributed by atoms with Crippen molar-refractivity contribution in [1.29, 1.82) is 0 Å². The van der Waals surface area contributed by atoms with Crippen LogP contribution >= 0.6 is 34.8 Å². The van der Waals surface area contributed by atoms with Gasteiger partial charge in [-0.2, -0.15) is 0 Å². The van der Waals surface area contributed by atoms with Gasteiger partial charge in [-0.3, -0.25) is 0 Å². The average molecular weight is 436 g/mol. The summed E-state index contributed by atoms with van der Waals surface area (Å²) < 4.78 is 2.18. The molecule has 0 N–H and O–H groups in total. The quantitative estimate of drug-likeness (QED) is 0.322. The molecule has 0 radical (unpaired) electrons. The molecule has 28 heavy (non-hydrogen) atoms. The largest absolute Gasteiger partial charge is 0.337 e. The molecule has 1 atom stereocenters. The molecule has 0 amide bonds. The summed E-state index contributed by atoms with van der Waals surface area (Å²) in [5.41, 5.74) is 2.48. The van der Waals surface area contributed by atoms with Crippen molar-refractivity contribution in [2.45, 2.75) is 45.1 Å². The van der Waals surface area contributed by atoms with Crippen molar-refractivity contribution in [3.63, 3.8) is 0 Å². The number of imidazole rings is 1. The molecule has 0 saturated carbocycles. The van der Waals surface area contributed by atoms with E-state index in [0.717, 1.165) is 48.7 Å². The van der Waals surface area contributed by atoms with Crippen LogP contribution in [0.5, 0.6) is 0 Å². The van der Waals surface area contributed by atoms with Crippen molar-refractivity contribution in [2.24, 2.45) is 5.92 Å². The van der Waals surface area contributed by atoms with Crippen LogP contribution in [-0.2, 0) is 19.4 Å². The Morgan fingerprint density at radius 1 is 0.893 bits per heavy atom. The molecule has 0 aliphatic rings. The molecule has 1 aromatic heterocycles. The van der Waals surface area contributed by atoms with Crippen LogP contribution in [-0.4, -0.2) is 9.55 Å². The second-order valence-electron chi connectivity index (χ2n) is 7.28. The highest BCUT2D eigenvalue weighted by Crippen LogP contribution is 2.25. The van der Waals surface area contributed by atoms with Crippen molar-refractivity contribution < 1.29 is 0 Å². The summed E-state index contributed by atoms with van der Waals surface area (Å²) in [6, 6.07) is 13.9. The molecule has 0 aliphatic heterocycles. The van der Waals surface area contributed by atoms with Crippen LogP contribution in [0.2, 0.25) is 15.1 Å². The lowest BCUT2D eigenvalue weighted by Gasteiger charge is -2.18. The second kappa shape index (κ2) is 10.9. The Bertz CT molecular complexity index is 862. The van der Waals surface area contributed by atoms with E-state index < -0.39 is 0 Å². The van der Waals surface area contributed by atoms with Crippen LogP contribution in [0.3, 0.4) is 0 Å². The molecule has 148 valence electrons. The monoisotopic (exact) mass is 434 g/mol. The molecule has 0 aliphatic carbocycles. The van der Waals surface area contributed by atoms with Gasteiger partial charge in [-0.05, 0) is 79.8 Å². The Kier molecular flexibility index (Phi) is 8.27. The van der Waals surface area contributed by atoms with E-state index in [9.17, 15) is 0 Å². The van der Waals surface area contributed by atoms with Crippen molar-refractivity contribution in [1.82, 2.24) is 9.55 Å². The van der Waals surface area contributed by atoms with E-state index in [0.29, 0.717) is 10.9 Å². The third kappa shape index (κ3) is 6.84. The molecular weight excluding hydrogens is 411 g/mol. The van der Waals surface area contributed by atoms with Crippen LogP contribution in [0.15, 0.2) is 61.2 Å². The summed E-state index contributed by atoms with van der Waals surface area (Å²) in [6.45, 7) is 1.00. The fourth-order valence-corrected chi connectivity index (χ4v) is 4.33. The molecule has 2 aromatic carbocycles. The number of aromatic nitrogens is 2. The highest BCUT2D eigenvalue weighted by Gasteiger charge is 2.11. The van der Waals surface area contributed by atoms with Gasteiger partial charge >= 0.3 is 0 Å². The van der Waals surface area contributed by atoms with Crippen molar-refractivity contribution in [3.05, 3.63) is 87.4 Å². The molecule has 0 saturated heterocycles. The van der Waals surface area contributed by atoms with Gasteiger partial charge in [-0.25, -0.2) is 4.98 Å². The van der Waals surface area contributed by atoms with Gasteiger partial charge in [-0.1, -0.05) is 53.0 Å². The van der Waals surface area contributed by atoms with E-state index >= 15 is 0 Å². The number of rotatable bonds is 10. The number of hydrogen-bond acceptors (Lipinski definition) is 1. The molecule has 5 heteroatoms. The Balaban J connectivity index is 1.52. The number of nitrogens with zero attached hydrogens (tertiary/aromatic N) is 2. The molecule has 1 heterocycles. The smallest absolute Gasteiger partial charge is 0.0945 e. The fraction of sp³-hybridized carbons (Fsp3) is 0.348. The second-order valence-corrected chi connectivity index (χ2v) is 8.56. The minimum Gasteiger partial charge on any atom is -0.337 e. The van der Waals surface area contributed by atoms with Crippen LogP contribution < -0.4 is 0 Å². The molecule has 3 rings (SSSR count). The summed E-state index contributed by atoms with van der Waals surface area (Å²) in [7, 11) is 0. The summed E-state index contributed by atoms with van der Waals surface area (Å²) in [5, 5.41) is 2.26. The van der Waals surface area contributed by atoms with E-state index in [1.807, 2.05) is 49.1 Å². The third-order valence-corrected chi connectivity index (χ3v) is 5.89. The Morgan fingerprint density at radius 2 is 1.68 bits per heavy atom. The number of aryl methyl sites for hydroxylation is 2. The highest BCUT2D eigenvalue weighted by molar-refractivity contribution is 6.35. The van der Waals surface area contributed by atoms with Gasteiger partial charge < -0.3 is 4.57 Å². The van der Waals surface area contributed by atoms with Gasteiger partial charge in [0.25, 0.3) is 0 Å². The first-order valence-electron chi connectivity index (χ1n) is 9.74. The lowest BCUT2D eigenvalue weighted by Crippen LogP contribution is -2.11. The number of benzene rings is 2. The van der Waals surface area contributed by atoms with E-state index in [-0.39, 0.29) is 0 Å². The molecule has 1 unspecified atom stereocenters. The average Bonchev–Trinajstić information content (AvgIpc) is 3.16. The van der Waals surface area contributed by atoms with E-state index in [2.05, 4.69) is 21.7 Å². The summed E-state index contributed by atoms with van der Waals surface area (Å²) in [4.78, 5) is 4.18. The molecule has 2 nitrogen and oxygen atoms in total. The minimum atomic E-state index is 0.611. The van der Waals surface area contributed by atoms with Crippen LogP contribution in [0.1, 0.15) is 36.8 Å². The van der Waals surface area contributed by atoms with E-state index in [1.54, 1.807) is 0 Å². The topological polar surface area (TPSA) is 17.8 Å². The zero-order valence-corrected chi connectivity index (χ0v) is 18.1. The molecule has 0 fully saturated rings. The number of hydrogen-bond donors (Lipinski definition) is 0. The normalized spacial score (nSPS) is 12.2. The lowest BCUT2D eigenvalue weighted by atomic mass is 9.93. The first-order valence-corrected chi connectivity index (χ1v) is 10.9. The summed E-state index contributed by atoms with van der Waals surface area (Å²) in [6.07, 6.45) is 12.4. The standard InChI is InChI=1S/C23H25Cl3N2/c24-21-9-3-5-18(14-21)4-1-6-19(16-28-13-12-27-17-28)7-2-8-20-10-11-22(25)15-23(20)26/h3,5,9-15,17,19H,1-2,4,6-8,16H2. The first-order chi connectivity index (χ1) is 13.6. The van der Waals surface area contributed by atoms with Crippen molar-refractivity contribution in [2.75, 3.05) is 0 Å². The maximum Gasteiger partial charge on any atom is 0.0945 e. The molecule has 0 spiro atoms. The van der Waals surface area contributed by atoms with E-state index in [1.165, 1.54) is 17.5 Å². The van der Waals surface area contributed by atoms with Crippen LogP contribution in [0.4, 0.5) is 0 Å². The van der Waals surface area contributed by atoms with Crippen LogP contribution in [0.25, 0.3) is 0 Å². The van der Waals surface area contributed by atoms with Crippen LogP contribution in [0, 0.1) is 5.92 Å². The third-order valence-electron chi connectivity index (χ3n) is 5.07. The van der Waals surface area contributed by atoms with Crippen molar-refractivity contribution >= 4 is 34.8 Å². The maximum atomic E-state index is 6.32. The van der Waals surface area contributed by atoms with Gasteiger partial charge in [0.2, 0.25) is 0 Å². The van der Waals surface area contributed by atoms with Gasteiger partial charge in [0.15, 0.2) is 0 Å². The predicted molar refractivity (Wildman–Crippen MR) is 120 cm³/mol. The van der Waals surface area contributed by atoms with Gasteiger partial charge in [0.1, 0.15) is 0 Å². The van der Waals surface area contributed by atoms with Gasteiger partial charge in [0, 0.05) is 34.0 Å². The van der Waals surface area contributed by atoms with Crippen molar-refractivity contribution in [3.8, 4) is 0 Å². The predicted octanol–water partition coefficient (Wildman–Crippen LogP) is 7.51. The lowest BCUT2D eigenvalue weighted by molar-refractivity contribution is 0.370. The zero-order chi connectivity index (χ0) is 19.8. The number of halogens is 3. The fourth-order valence-electron chi connectivity index (χ4n) is 3.61. The first kappa shape index (κ1) is 21.2. The SMILES string of the molecule is Clc1cccc(CCCC(CCCc2ccc(Cl)cc2Cl)Cn2ccnc2)c1. The molecule has 3 aromatic rings. The maximum absolute atomic E-state index is 6.32. The minimum absolute atomic E-state index is 0.611. The summed E-state index contributed by atoms with van der Waals surface area (Å²) >= 11 is 18.4. The molecular formula is C23H25Cl3N2. The Morgan fingerprint density at radius 3 is 2.39 bits per heavy atom.